The number of ether oxygens (including phenoxy) is 10. The van der Waals surface area contributed by atoms with Gasteiger partial charge in [0.05, 0.1) is 68.1 Å². The van der Waals surface area contributed by atoms with E-state index in [1.807, 2.05) is 12.1 Å². The minimum absolute atomic E-state index is 0.321. The summed E-state index contributed by atoms with van der Waals surface area (Å²) in [4.78, 5) is 31.8. The van der Waals surface area contributed by atoms with E-state index >= 15 is 0 Å². The quantitative estimate of drug-likeness (QED) is 0.209. The number of carbonyl (C=O) groups excluding carboxylic acids is 2. The van der Waals surface area contributed by atoms with Crippen LogP contribution in [0.3, 0.4) is 0 Å². The fraction of sp³-hybridized carbons (Fsp3) is 0.579. The highest BCUT2D eigenvalue weighted by molar-refractivity contribution is 5.92. The third kappa shape index (κ3) is 8.48. The lowest BCUT2D eigenvalue weighted by Gasteiger charge is -2.40. The molecule has 2 aromatic carbocycles. The number of hydrogen-bond acceptors (Lipinski definition) is 14. The lowest BCUT2D eigenvalue weighted by molar-refractivity contribution is -0.247. The van der Waals surface area contributed by atoms with Gasteiger partial charge in [-0.15, -0.1) is 0 Å². The number of benzene rings is 2. The number of fused-ring (bicyclic) bond motifs is 2. The third-order valence-corrected chi connectivity index (χ3v) is 10.1. The van der Waals surface area contributed by atoms with Crippen LogP contribution in [0.1, 0.15) is 35.1 Å². The van der Waals surface area contributed by atoms with Crippen molar-refractivity contribution in [3.05, 3.63) is 58.7 Å². The summed E-state index contributed by atoms with van der Waals surface area (Å²) in [5, 5.41) is 0. The minimum Gasteiger partial charge on any atom is -0.493 e. The van der Waals surface area contributed by atoms with Crippen molar-refractivity contribution in [2.75, 3.05) is 107 Å². The van der Waals surface area contributed by atoms with Crippen molar-refractivity contribution in [1.82, 2.24) is 9.80 Å². The van der Waals surface area contributed by atoms with E-state index in [0.717, 1.165) is 49.5 Å². The molecule has 14 nitrogen and oxygen atoms in total. The molecule has 0 amide bonds. The molecule has 0 radical (unpaired) electrons. The smallest absolute Gasteiger partial charge is 0.333 e. The van der Waals surface area contributed by atoms with E-state index in [2.05, 4.69) is 9.80 Å². The fourth-order valence-corrected chi connectivity index (χ4v) is 7.25. The molecule has 4 aliphatic rings. The van der Waals surface area contributed by atoms with Gasteiger partial charge >= 0.3 is 11.9 Å². The first-order valence-electron chi connectivity index (χ1n) is 17.8. The third-order valence-electron chi connectivity index (χ3n) is 10.1. The number of rotatable bonds is 14. The Morgan fingerprint density at radius 1 is 0.596 bits per heavy atom. The number of morpholine rings is 2. The second-order valence-electron chi connectivity index (χ2n) is 13.0. The maximum absolute atomic E-state index is 13.6. The van der Waals surface area contributed by atoms with Crippen LogP contribution in [0.15, 0.2) is 36.4 Å². The highest BCUT2D eigenvalue weighted by Gasteiger charge is 2.45. The normalized spacial score (nSPS) is 23.7. The van der Waals surface area contributed by atoms with Gasteiger partial charge in [-0.05, 0) is 48.2 Å². The van der Waals surface area contributed by atoms with E-state index in [0.29, 0.717) is 113 Å². The minimum atomic E-state index is -1.43. The number of hydrogen-bond donors (Lipinski definition) is 0. The van der Waals surface area contributed by atoms with E-state index in [-0.39, 0.29) is 0 Å². The lowest BCUT2D eigenvalue weighted by Crippen LogP contribution is -2.45. The van der Waals surface area contributed by atoms with Gasteiger partial charge in [0.15, 0.2) is 23.0 Å². The zero-order valence-electron chi connectivity index (χ0n) is 30.6. The van der Waals surface area contributed by atoms with Crippen LogP contribution >= 0.6 is 0 Å². The Morgan fingerprint density at radius 3 is 1.33 bits per heavy atom. The van der Waals surface area contributed by atoms with Gasteiger partial charge in [-0.25, -0.2) is 9.59 Å². The summed E-state index contributed by atoms with van der Waals surface area (Å²) in [6, 6.07) is 7.39. The zero-order valence-corrected chi connectivity index (χ0v) is 30.6. The van der Waals surface area contributed by atoms with Gasteiger partial charge < -0.3 is 47.4 Å². The summed E-state index contributed by atoms with van der Waals surface area (Å²) in [6.45, 7) is 7.35. The molecule has 4 heterocycles. The average Bonchev–Trinajstić information content (AvgIpc) is 3.18. The second kappa shape index (κ2) is 17.3. The molecule has 2 fully saturated rings. The maximum atomic E-state index is 13.6. The van der Waals surface area contributed by atoms with E-state index < -0.39 is 23.5 Å². The van der Waals surface area contributed by atoms with Crippen LogP contribution in [0.2, 0.25) is 0 Å². The number of methoxy groups -OCH3 is 4. The molecule has 2 aromatic rings. The Kier molecular flexibility index (Phi) is 12.6. The van der Waals surface area contributed by atoms with Crippen LogP contribution in [-0.4, -0.2) is 129 Å². The van der Waals surface area contributed by atoms with Crippen LogP contribution in [0.4, 0.5) is 0 Å². The van der Waals surface area contributed by atoms with Crippen molar-refractivity contribution in [3.8, 4) is 23.0 Å². The number of carbonyl (C=O) groups is 2. The van der Waals surface area contributed by atoms with Gasteiger partial charge in [0, 0.05) is 75.4 Å². The Balaban J connectivity index is 1.25. The van der Waals surface area contributed by atoms with Crippen LogP contribution in [-0.2, 0) is 62.4 Å². The molecule has 2 saturated heterocycles. The molecule has 0 aliphatic carbocycles. The van der Waals surface area contributed by atoms with Gasteiger partial charge in [0.2, 0.25) is 11.6 Å². The van der Waals surface area contributed by atoms with Crippen LogP contribution in [0, 0.1) is 0 Å². The van der Waals surface area contributed by atoms with E-state index in [9.17, 15) is 9.59 Å². The van der Waals surface area contributed by atoms with Crippen LogP contribution < -0.4 is 18.9 Å². The van der Waals surface area contributed by atoms with Crippen LogP contribution in [0.5, 0.6) is 23.0 Å². The SMILES string of the molecule is COc1cc2c(cc1OC)C(CCN1CCOCC1)(OC(=O)/C=C/C(=O)OC1(CCN3CCOCC3)OCCc3cc(OC)c(OC)cc31)OCC2. The van der Waals surface area contributed by atoms with E-state index in [1.165, 1.54) is 0 Å². The molecule has 0 spiro atoms. The second-order valence-corrected chi connectivity index (χ2v) is 13.0. The van der Waals surface area contributed by atoms with E-state index in [1.54, 1.807) is 40.6 Å². The van der Waals surface area contributed by atoms with Gasteiger partial charge in [0.1, 0.15) is 0 Å². The summed E-state index contributed by atoms with van der Waals surface area (Å²) in [7, 11) is 6.27. The molecule has 0 aromatic heterocycles. The van der Waals surface area contributed by atoms with Gasteiger partial charge in [-0.3, -0.25) is 9.80 Å². The molecular formula is C38H50N2O12. The first kappa shape index (κ1) is 37.8. The molecule has 2 unspecified atom stereocenters. The van der Waals surface area contributed by atoms with Gasteiger partial charge in [0.25, 0.3) is 0 Å². The zero-order chi connectivity index (χ0) is 36.6. The Hall–Kier alpha value is -3.92. The molecule has 0 N–H and O–H groups in total. The van der Waals surface area contributed by atoms with Crippen molar-refractivity contribution in [3.63, 3.8) is 0 Å². The summed E-state index contributed by atoms with van der Waals surface area (Å²) in [5.41, 5.74) is 3.19. The Bertz CT molecular complexity index is 1470. The predicted octanol–water partition coefficient (Wildman–Crippen LogP) is 2.96. The maximum Gasteiger partial charge on any atom is 0.333 e. The first-order valence-corrected chi connectivity index (χ1v) is 17.8. The Labute approximate surface area is 304 Å². The summed E-state index contributed by atoms with van der Waals surface area (Å²) >= 11 is 0. The van der Waals surface area contributed by atoms with Gasteiger partial charge in [-0.1, -0.05) is 0 Å². The molecule has 6 rings (SSSR count). The molecule has 2 atom stereocenters. The van der Waals surface area contributed by atoms with Crippen molar-refractivity contribution in [2.24, 2.45) is 0 Å². The number of esters is 2. The number of nitrogens with zero attached hydrogens (tertiary/aromatic N) is 2. The standard InChI is InChI=1S/C38H50N2O12/c1-43-31-23-27-7-17-49-37(29(27)25-33(31)45-3,9-11-39-13-19-47-20-14-39)51-35(41)5-6-36(42)52-38(10-12-40-15-21-48-22-16-40)30-26-34(46-4)32(44-2)24-28(30)8-18-50-38/h5-6,23-26H,7-22H2,1-4H3/b6-5+. The largest absolute Gasteiger partial charge is 0.493 e. The van der Waals surface area contributed by atoms with Crippen molar-refractivity contribution in [2.45, 2.75) is 37.3 Å². The highest BCUT2D eigenvalue weighted by atomic mass is 16.7. The molecular weight excluding hydrogens is 676 g/mol. The van der Waals surface area contributed by atoms with Crippen LogP contribution in [0.25, 0.3) is 0 Å². The lowest BCUT2D eigenvalue weighted by atomic mass is 9.91. The summed E-state index contributed by atoms with van der Waals surface area (Å²) in [5.74, 6) is -2.27. The van der Waals surface area contributed by atoms with Crippen molar-refractivity contribution in [1.29, 1.82) is 0 Å². The fourth-order valence-electron chi connectivity index (χ4n) is 7.25. The molecule has 0 bridgehead atoms. The van der Waals surface area contributed by atoms with Crippen molar-refractivity contribution < 1.29 is 57.0 Å². The topological polar surface area (TPSA) is 133 Å². The monoisotopic (exact) mass is 726 g/mol. The molecule has 14 heteroatoms. The molecule has 0 saturated carbocycles. The molecule has 284 valence electrons. The summed E-state index contributed by atoms with van der Waals surface area (Å²) in [6.07, 6.45) is 4.04. The Morgan fingerprint density at radius 2 is 0.962 bits per heavy atom. The van der Waals surface area contributed by atoms with E-state index in [4.69, 9.17) is 47.4 Å². The first-order chi connectivity index (χ1) is 25.3. The summed E-state index contributed by atoms with van der Waals surface area (Å²) < 4.78 is 58.4. The highest BCUT2D eigenvalue weighted by Crippen LogP contribution is 2.44. The van der Waals surface area contributed by atoms with Crippen molar-refractivity contribution >= 4 is 11.9 Å². The van der Waals surface area contributed by atoms with Gasteiger partial charge in [-0.2, -0.15) is 0 Å². The average molecular weight is 727 g/mol. The molecule has 4 aliphatic heterocycles. The molecule has 52 heavy (non-hydrogen) atoms. The predicted molar refractivity (Wildman–Crippen MR) is 187 cm³/mol.